The number of aromatic amines is 1. The van der Waals surface area contributed by atoms with Crippen LogP contribution in [0.1, 0.15) is 17.3 Å². The lowest BCUT2D eigenvalue weighted by atomic mass is 10.2. The van der Waals surface area contributed by atoms with Gasteiger partial charge in [-0.2, -0.15) is 10.2 Å². The fourth-order valence-electron chi connectivity index (χ4n) is 1.98. The van der Waals surface area contributed by atoms with Crippen LogP contribution in [-0.2, 0) is 6.54 Å². The van der Waals surface area contributed by atoms with Gasteiger partial charge in [0.1, 0.15) is 6.07 Å². The third kappa shape index (κ3) is 1.92. The van der Waals surface area contributed by atoms with Gasteiger partial charge in [-0.05, 0) is 24.4 Å². The summed E-state index contributed by atoms with van der Waals surface area (Å²) in [5.74, 6) is 1.07. The SMILES string of the molecule is Cc1nc(Cn2c(=S)[nH]c3c(C#N)cccc32)no1. The third-order valence-corrected chi connectivity index (χ3v) is 3.12. The summed E-state index contributed by atoms with van der Waals surface area (Å²) in [5, 5.41) is 12.9. The molecule has 3 rings (SSSR count). The summed E-state index contributed by atoms with van der Waals surface area (Å²) in [5.41, 5.74) is 2.15. The van der Waals surface area contributed by atoms with E-state index in [0.717, 1.165) is 11.0 Å². The first-order valence-electron chi connectivity index (χ1n) is 5.60. The summed E-state index contributed by atoms with van der Waals surface area (Å²) in [6, 6.07) is 7.60. The van der Waals surface area contributed by atoms with Crippen LogP contribution >= 0.6 is 12.2 Å². The minimum atomic E-state index is 0.408. The first-order valence-corrected chi connectivity index (χ1v) is 6.00. The zero-order chi connectivity index (χ0) is 13.4. The van der Waals surface area contributed by atoms with Crippen molar-refractivity contribution in [3.8, 4) is 6.07 Å². The van der Waals surface area contributed by atoms with Crippen LogP contribution in [0, 0.1) is 23.0 Å². The maximum Gasteiger partial charge on any atom is 0.223 e. The molecule has 0 aliphatic rings. The molecule has 94 valence electrons. The molecule has 0 aliphatic heterocycles. The molecule has 0 unspecified atom stereocenters. The molecule has 0 spiro atoms. The van der Waals surface area contributed by atoms with E-state index in [2.05, 4.69) is 21.2 Å². The van der Waals surface area contributed by atoms with Crippen LogP contribution in [0.5, 0.6) is 0 Å². The summed E-state index contributed by atoms with van der Waals surface area (Å²) < 4.78 is 7.31. The van der Waals surface area contributed by atoms with Crippen LogP contribution in [0.25, 0.3) is 11.0 Å². The van der Waals surface area contributed by atoms with Crippen LogP contribution in [0.15, 0.2) is 22.7 Å². The van der Waals surface area contributed by atoms with Crippen molar-refractivity contribution >= 4 is 23.3 Å². The van der Waals surface area contributed by atoms with Crippen LogP contribution in [0.2, 0.25) is 0 Å². The Kier molecular flexibility index (Phi) is 2.65. The number of aromatic nitrogens is 4. The average molecular weight is 271 g/mol. The Labute approximate surface area is 113 Å². The normalized spacial score (nSPS) is 10.7. The van der Waals surface area contributed by atoms with Crippen molar-refractivity contribution in [2.75, 3.05) is 0 Å². The van der Waals surface area contributed by atoms with Crippen molar-refractivity contribution in [2.24, 2.45) is 0 Å². The van der Waals surface area contributed by atoms with E-state index < -0.39 is 0 Å². The molecule has 0 saturated heterocycles. The Hall–Kier alpha value is -2.46. The van der Waals surface area contributed by atoms with Gasteiger partial charge in [0.25, 0.3) is 0 Å². The Bertz CT molecular complexity index is 851. The summed E-state index contributed by atoms with van der Waals surface area (Å²) >= 11 is 5.28. The van der Waals surface area contributed by atoms with Gasteiger partial charge in [0, 0.05) is 6.92 Å². The predicted molar refractivity (Wildman–Crippen MR) is 70.0 cm³/mol. The van der Waals surface area contributed by atoms with Crippen LogP contribution in [0.3, 0.4) is 0 Å². The van der Waals surface area contributed by atoms with Crippen molar-refractivity contribution < 1.29 is 4.52 Å². The highest BCUT2D eigenvalue weighted by Crippen LogP contribution is 2.18. The number of H-pyrrole nitrogens is 1. The van der Waals surface area contributed by atoms with Gasteiger partial charge in [-0.1, -0.05) is 11.2 Å². The number of hydrogen-bond donors (Lipinski definition) is 1. The minimum absolute atomic E-state index is 0.408. The van der Waals surface area contributed by atoms with Crippen molar-refractivity contribution in [3.05, 3.63) is 40.2 Å². The molecule has 0 fully saturated rings. The number of benzene rings is 1. The Morgan fingerprint density at radius 2 is 2.37 bits per heavy atom. The zero-order valence-corrected chi connectivity index (χ0v) is 10.9. The molecule has 0 atom stereocenters. The van der Waals surface area contributed by atoms with Crippen LogP contribution in [0.4, 0.5) is 0 Å². The van der Waals surface area contributed by atoms with E-state index >= 15 is 0 Å². The summed E-state index contributed by atoms with van der Waals surface area (Å²) in [7, 11) is 0. The highest BCUT2D eigenvalue weighted by atomic mass is 32.1. The lowest BCUT2D eigenvalue weighted by molar-refractivity contribution is 0.386. The number of nitrogens with one attached hydrogen (secondary N) is 1. The second-order valence-corrected chi connectivity index (χ2v) is 4.44. The molecule has 1 aromatic carbocycles. The van der Waals surface area contributed by atoms with Gasteiger partial charge in [-0.25, -0.2) is 0 Å². The third-order valence-electron chi connectivity index (χ3n) is 2.80. The number of para-hydroxylation sites is 1. The smallest absolute Gasteiger partial charge is 0.223 e. The maximum absolute atomic E-state index is 9.08. The predicted octanol–water partition coefficient (Wildman–Crippen LogP) is 2.31. The summed E-state index contributed by atoms with van der Waals surface area (Å²) in [6.07, 6.45) is 0. The minimum Gasteiger partial charge on any atom is -0.340 e. The second kappa shape index (κ2) is 4.33. The van der Waals surface area contributed by atoms with E-state index in [0.29, 0.717) is 28.6 Å². The van der Waals surface area contributed by atoms with Gasteiger partial charge in [0.15, 0.2) is 10.6 Å². The molecule has 3 aromatic rings. The molecule has 0 aliphatic carbocycles. The molecule has 0 bridgehead atoms. The Morgan fingerprint density at radius 3 is 3.05 bits per heavy atom. The number of hydrogen-bond acceptors (Lipinski definition) is 5. The standard InChI is InChI=1S/C12H9N5OS/c1-7-14-10(16-18-7)6-17-9-4-2-3-8(5-13)11(9)15-12(17)19/h2-4H,6H2,1H3,(H,15,19). The van der Waals surface area contributed by atoms with Crippen LogP contribution < -0.4 is 0 Å². The van der Waals surface area contributed by atoms with Crippen LogP contribution in [-0.4, -0.2) is 19.7 Å². The number of imidazole rings is 1. The molecule has 0 saturated carbocycles. The fourth-order valence-corrected chi connectivity index (χ4v) is 2.24. The monoisotopic (exact) mass is 271 g/mol. The molecule has 0 amide bonds. The molecule has 1 N–H and O–H groups in total. The number of nitriles is 1. The zero-order valence-electron chi connectivity index (χ0n) is 10.0. The first kappa shape index (κ1) is 11.6. The van der Waals surface area contributed by atoms with E-state index in [1.165, 1.54) is 0 Å². The van der Waals surface area contributed by atoms with Gasteiger partial charge in [0.2, 0.25) is 5.89 Å². The van der Waals surface area contributed by atoms with E-state index in [-0.39, 0.29) is 0 Å². The van der Waals surface area contributed by atoms with Crippen molar-refractivity contribution in [3.63, 3.8) is 0 Å². The highest BCUT2D eigenvalue weighted by molar-refractivity contribution is 7.71. The van der Waals surface area contributed by atoms with Crippen molar-refractivity contribution in [2.45, 2.75) is 13.5 Å². The lowest BCUT2D eigenvalue weighted by Crippen LogP contribution is -2.01. The number of fused-ring (bicyclic) bond motifs is 1. The van der Waals surface area contributed by atoms with E-state index in [1.54, 1.807) is 13.0 Å². The van der Waals surface area contributed by atoms with Gasteiger partial charge < -0.3 is 14.1 Å². The van der Waals surface area contributed by atoms with E-state index in [9.17, 15) is 0 Å². The van der Waals surface area contributed by atoms with Gasteiger partial charge in [-0.15, -0.1) is 0 Å². The fraction of sp³-hybridized carbons (Fsp3) is 0.167. The van der Waals surface area contributed by atoms with Gasteiger partial charge in [-0.3, -0.25) is 0 Å². The van der Waals surface area contributed by atoms with Gasteiger partial charge >= 0.3 is 0 Å². The quantitative estimate of drug-likeness (QED) is 0.723. The number of nitrogens with zero attached hydrogens (tertiary/aromatic N) is 4. The molecule has 0 radical (unpaired) electrons. The lowest BCUT2D eigenvalue weighted by Gasteiger charge is -2.00. The largest absolute Gasteiger partial charge is 0.340 e. The summed E-state index contributed by atoms with van der Waals surface area (Å²) in [4.78, 5) is 7.20. The van der Waals surface area contributed by atoms with Crippen molar-refractivity contribution in [1.29, 1.82) is 5.26 Å². The average Bonchev–Trinajstić information content (AvgIpc) is 2.94. The number of rotatable bonds is 2. The maximum atomic E-state index is 9.08. The Morgan fingerprint density at radius 1 is 1.53 bits per heavy atom. The molecule has 6 nitrogen and oxygen atoms in total. The molecular formula is C12H9N5OS. The molecule has 7 heteroatoms. The summed E-state index contributed by atoms with van der Waals surface area (Å²) in [6.45, 7) is 2.14. The van der Waals surface area contributed by atoms with E-state index in [4.69, 9.17) is 22.0 Å². The Balaban J connectivity index is 2.17. The van der Waals surface area contributed by atoms with Crippen molar-refractivity contribution in [1.82, 2.24) is 19.7 Å². The highest BCUT2D eigenvalue weighted by Gasteiger charge is 2.10. The second-order valence-electron chi connectivity index (χ2n) is 4.06. The first-order chi connectivity index (χ1) is 9.19. The molecule has 19 heavy (non-hydrogen) atoms. The number of aryl methyl sites for hydroxylation is 1. The van der Waals surface area contributed by atoms with E-state index in [1.807, 2.05) is 16.7 Å². The molecule has 2 aromatic heterocycles. The van der Waals surface area contributed by atoms with Gasteiger partial charge in [0.05, 0.1) is 23.1 Å². The topological polar surface area (TPSA) is 83.4 Å². The molecule has 2 heterocycles. The molecular weight excluding hydrogens is 262 g/mol.